The molecule has 2 atom stereocenters. The predicted octanol–water partition coefficient (Wildman–Crippen LogP) is 8.29. The quantitative estimate of drug-likeness (QED) is 0.218. The summed E-state index contributed by atoms with van der Waals surface area (Å²) in [5.74, 6) is 1.27. The number of unbranched alkanes of at least 4 members (excludes halogenated alkanes) is 15. The largest absolute Gasteiger partial charge is 0.396 e. The molecule has 25 heavy (non-hydrogen) atoms. The van der Waals surface area contributed by atoms with Crippen molar-refractivity contribution in [1.82, 2.24) is 0 Å². The smallest absolute Gasteiger partial charge is 0.0456 e. The number of rotatable bonds is 20. The van der Waals surface area contributed by atoms with Gasteiger partial charge in [0.15, 0.2) is 0 Å². The summed E-state index contributed by atoms with van der Waals surface area (Å²) in [6.45, 7) is 7.15. The molecule has 0 amide bonds. The van der Waals surface area contributed by atoms with Crippen LogP contribution < -0.4 is 0 Å². The molecule has 152 valence electrons. The zero-order valence-electron chi connectivity index (χ0n) is 18.0. The monoisotopic (exact) mass is 354 g/mol. The van der Waals surface area contributed by atoms with E-state index in [4.69, 9.17) is 5.11 Å². The first-order chi connectivity index (χ1) is 12.2. The summed E-state index contributed by atoms with van der Waals surface area (Å²) < 4.78 is 0. The maximum absolute atomic E-state index is 9.10. The average Bonchev–Trinajstić information content (AvgIpc) is 2.61. The van der Waals surface area contributed by atoms with Crippen LogP contribution in [0, 0.1) is 11.8 Å². The van der Waals surface area contributed by atoms with Crippen LogP contribution in [-0.2, 0) is 0 Å². The zero-order valence-corrected chi connectivity index (χ0v) is 18.0. The lowest BCUT2D eigenvalue weighted by molar-refractivity contribution is 0.212. The lowest BCUT2D eigenvalue weighted by Gasteiger charge is -2.15. The lowest BCUT2D eigenvalue weighted by atomic mass is 9.93. The number of hydrogen-bond acceptors (Lipinski definition) is 1. The number of aliphatic hydroxyl groups is 1. The Morgan fingerprint density at radius 1 is 0.520 bits per heavy atom. The number of aliphatic hydroxyl groups excluding tert-OH is 1. The Kier molecular flexibility index (Phi) is 20.2. The molecule has 0 aromatic carbocycles. The molecule has 0 aromatic rings. The Labute approximate surface area is 160 Å². The molecule has 2 unspecified atom stereocenters. The van der Waals surface area contributed by atoms with Gasteiger partial charge >= 0.3 is 0 Å². The maximum Gasteiger partial charge on any atom is 0.0456 e. The van der Waals surface area contributed by atoms with Gasteiger partial charge in [-0.1, -0.05) is 130 Å². The van der Waals surface area contributed by atoms with E-state index >= 15 is 0 Å². The molecule has 1 nitrogen and oxygen atoms in total. The Hall–Kier alpha value is -0.0400. The summed E-state index contributed by atoms with van der Waals surface area (Å²) >= 11 is 0. The van der Waals surface area contributed by atoms with Crippen molar-refractivity contribution in [2.45, 2.75) is 136 Å². The summed E-state index contributed by atoms with van der Waals surface area (Å²) in [4.78, 5) is 0. The van der Waals surface area contributed by atoms with Gasteiger partial charge in [0.1, 0.15) is 0 Å². The molecule has 0 aliphatic heterocycles. The third-order valence-electron chi connectivity index (χ3n) is 5.67. The summed E-state index contributed by atoms with van der Waals surface area (Å²) in [5, 5.41) is 9.10. The first kappa shape index (κ1) is 25.0. The fourth-order valence-electron chi connectivity index (χ4n) is 3.92. The van der Waals surface area contributed by atoms with Crippen molar-refractivity contribution in [3.05, 3.63) is 0 Å². The predicted molar refractivity (Wildman–Crippen MR) is 114 cm³/mol. The van der Waals surface area contributed by atoms with E-state index in [1.54, 1.807) is 0 Å². The third-order valence-corrected chi connectivity index (χ3v) is 5.67. The van der Waals surface area contributed by atoms with E-state index in [0.717, 1.165) is 5.92 Å². The van der Waals surface area contributed by atoms with Gasteiger partial charge in [0.2, 0.25) is 0 Å². The summed E-state index contributed by atoms with van der Waals surface area (Å²) in [6.07, 6.45) is 25.7. The van der Waals surface area contributed by atoms with Crippen LogP contribution in [0.2, 0.25) is 0 Å². The van der Waals surface area contributed by atoms with Crippen molar-refractivity contribution < 1.29 is 5.11 Å². The molecule has 0 spiro atoms. The van der Waals surface area contributed by atoms with Crippen molar-refractivity contribution in [2.75, 3.05) is 6.61 Å². The molecule has 0 heterocycles. The molecular weight excluding hydrogens is 304 g/mol. The van der Waals surface area contributed by atoms with E-state index in [9.17, 15) is 0 Å². The van der Waals surface area contributed by atoms with Gasteiger partial charge in [-0.3, -0.25) is 0 Å². The van der Waals surface area contributed by atoms with E-state index in [2.05, 4.69) is 20.8 Å². The van der Waals surface area contributed by atoms with E-state index in [1.807, 2.05) is 0 Å². The molecule has 0 saturated carbocycles. The van der Waals surface area contributed by atoms with Crippen molar-refractivity contribution in [1.29, 1.82) is 0 Å². The summed E-state index contributed by atoms with van der Waals surface area (Å²) in [5.41, 5.74) is 0. The van der Waals surface area contributed by atoms with Gasteiger partial charge in [0, 0.05) is 6.61 Å². The molecule has 0 saturated heterocycles. The van der Waals surface area contributed by atoms with Crippen LogP contribution in [0.1, 0.15) is 136 Å². The Bertz CT molecular complexity index is 238. The highest BCUT2D eigenvalue weighted by Crippen LogP contribution is 2.19. The van der Waals surface area contributed by atoms with E-state index in [-0.39, 0.29) is 0 Å². The molecule has 1 N–H and O–H groups in total. The fourth-order valence-corrected chi connectivity index (χ4v) is 3.92. The van der Waals surface area contributed by atoms with E-state index in [0.29, 0.717) is 12.5 Å². The van der Waals surface area contributed by atoms with Crippen molar-refractivity contribution in [3.8, 4) is 0 Å². The Morgan fingerprint density at radius 3 is 1.24 bits per heavy atom. The van der Waals surface area contributed by atoms with Crippen molar-refractivity contribution >= 4 is 0 Å². The van der Waals surface area contributed by atoms with Crippen LogP contribution in [0.3, 0.4) is 0 Å². The Balaban J connectivity index is 3.09. The first-order valence-corrected chi connectivity index (χ1v) is 11.8. The van der Waals surface area contributed by atoms with Gasteiger partial charge in [-0.15, -0.1) is 0 Å². The maximum atomic E-state index is 9.10. The van der Waals surface area contributed by atoms with Crippen molar-refractivity contribution in [2.24, 2.45) is 11.8 Å². The molecule has 0 aliphatic carbocycles. The normalized spacial score (nSPS) is 13.9. The summed E-state index contributed by atoms with van der Waals surface area (Å²) in [7, 11) is 0. The zero-order chi connectivity index (χ0) is 18.6. The minimum absolute atomic E-state index is 0.350. The summed E-state index contributed by atoms with van der Waals surface area (Å²) in [6, 6.07) is 0. The molecule has 1 heteroatoms. The van der Waals surface area contributed by atoms with Crippen LogP contribution in [0.25, 0.3) is 0 Å². The topological polar surface area (TPSA) is 20.2 Å². The molecule has 0 rings (SSSR count). The standard InChI is InChI=1S/C24H50O/c1-4-5-6-7-8-9-10-11-12-13-14-15-16-17-18-19-20-23(2)21-24(3)22-25/h23-25H,4-22H2,1-3H3. The second-order valence-corrected chi connectivity index (χ2v) is 8.72. The third kappa shape index (κ3) is 20.1. The van der Waals surface area contributed by atoms with Crippen LogP contribution in [0.4, 0.5) is 0 Å². The highest BCUT2D eigenvalue weighted by atomic mass is 16.3. The molecule has 0 aliphatic rings. The Morgan fingerprint density at radius 2 is 0.880 bits per heavy atom. The minimum atomic E-state index is 0.350. The molecule has 0 fully saturated rings. The van der Waals surface area contributed by atoms with Crippen LogP contribution >= 0.6 is 0 Å². The van der Waals surface area contributed by atoms with Gasteiger partial charge in [-0.2, -0.15) is 0 Å². The fraction of sp³-hybridized carbons (Fsp3) is 1.00. The second-order valence-electron chi connectivity index (χ2n) is 8.72. The van der Waals surface area contributed by atoms with E-state index < -0.39 is 0 Å². The van der Waals surface area contributed by atoms with Gasteiger partial charge in [0.25, 0.3) is 0 Å². The first-order valence-electron chi connectivity index (χ1n) is 11.8. The second kappa shape index (κ2) is 20.3. The molecular formula is C24H50O. The molecule has 0 bridgehead atoms. The van der Waals surface area contributed by atoms with Gasteiger partial charge < -0.3 is 5.11 Å². The number of hydrogen-bond donors (Lipinski definition) is 1. The lowest BCUT2D eigenvalue weighted by Crippen LogP contribution is -2.06. The van der Waals surface area contributed by atoms with Gasteiger partial charge in [0.05, 0.1) is 0 Å². The highest BCUT2D eigenvalue weighted by molar-refractivity contribution is 4.59. The van der Waals surface area contributed by atoms with Gasteiger partial charge in [-0.05, 0) is 18.3 Å². The van der Waals surface area contributed by atoms with Crippen LogP contribution in [-0.4, -0.2) is 11.7 Å². The minimum Gasteiger partial charge on any atom is -0.396 e. The molecule has 0 aromatic heterocycles. The molecule has 0 radical (unpaired) electrons. The van der Waals surface area contributed by atoms with Crippen LogP contribution in [0.15, 0.2) is 0 Å². The van der Waals surface area contributed by atoms with Crippen molar-refractivity contribution in [3.63, 3.8) is 0 Å². The van der Waals surface area contributed by atoms with E-state index in [1.165, 1.54) is 116 Å². The average molecular weight is 355 g/mol. The van der Waals surface area contributed by atoms with Gasteiger partial charge in [-0.25, -0.2) is 0 Å². The SMILES string of the molecule is CCCCCCCCCCCCCCCCCCC(C)CC(C)CO. The highest BCUT2D eigenvalue weighted by Gasteiger charge is 2.07. The van der Waals surface area contributed by atoms with Crippen LogP contribution in [0.5, 0.6) is 0 Å².